The van der Waals surface area contributed by atoms with Crippen LogP contribution in [0.5, 0.6) is 5.75 Å². The summed E-state index contributed by atoms with van der Waals surface area (Å²) in [5.74, 6) is 1.75. The van der Waals surface area contributed by atoms with Crippen LogP contribution in [0.25, 0.3) is 0 Å². The van der Waals surface area contributed by atoms with Crippen molar-refractivity contribution in [3.63, 3.8) is 0 Å². The second-order valence-corrected chi connectivity index (χ2v) is 10.5. The summed E-state index contributed by atoms with van der Waals surface area (Å²) in [5, 5.41) is 0. The maximum Gasteiger partial charge on any atom is 0.253 e. The number of benzene rings is 2. The summed E-state index contributed by atoms with van der Waals surface area (Å²) in [7, 11) is 0. The summed E-state index contributed by atoms with van der Waals surface area (Å²) in [4.78, 5) is 17.7. The lowest BCUT2D eigenvalue weighted by Gasteiger charge is -2.39. The predicted molar refractivity (Wildman–Crippen MR) is 135 cm³/mol. The SMILES string of the molecule is CCCc1ccc(C(=O)N2CCC3(CCN(Cc4ccccc4OCC(C)C)CC3)C2)cc1. The van der Waals surface area contributed by atoms with E-state index < -0.39 is 0 Å². The fraction of sp³-hybridized carbons (Fsp3) is 0.552. The Labute approximate surface area is 199 Å². The van der Waals surface area contributed by atoms with Crippen LogP contribution in [0.1, 0.15) is 67.9 Å². The standard InChI is InChI=1S/C29H40N2O2/c1-4-7-24-10-12-25(13-11-24)28(32)31-19-16-29(22-31)14-17-30(18-15-29)20-26-8-5-6-9-27(26)33-21-23(2)3/h5-6,8-13,23H,4,7,14-22H2,1-3H3. The van der Waals surface area contributed by atoms with Crippen molar-refractivity contribution in [1.82, 2.24) is 9.80 Å². The Bertz CT molecular complexity index is 913. The summed E-state index contributed by atoms with van der Waals surface area (Å²) in [6, 6.07) is 16.7. The Morgan fingerprint density at radius 1 is 1.00 bits per heavy atom. The first-order valence-corrected chi connectivity index (χ1v) is 12.8. The van der Waals surface area contributed by atoms with E-state index in [4.69, 9.17) is 4.74 Å². The third kappa shape index (κ3) is 5.97. The van der Waals surface area contributed by atoms with Crippen molar-refractivity contribution in [2.24, 2.45) is 11.3 Å². The first kappa shape index (κ1) is 23.8. The average Bonchev–Trinajstić information content (AvgIpc) is 3.24. The third-order valence-electron chi connectivity index (χ3n) is 7.32. The molecule has 0 atom stereocenters. The van der Waals surface area contributed by atoms with E-state index in [0.29, 0.717) is 11.3 Å². The lowest BCUT2D eigenvalue weighted by Crippen LogP contribution is -2.42. The molecule has 2 aromatic rings. The summed E-state index contributed by atoms with van der Waals surface area (Å²) in [6.07, 6.45) is 5.68. The van der Waals surface area contributed by atoms with Crippen molar-refractivity contribution in [3.8, 4) is 5.75 Å². The number of carbonyl (C=O) groups is 1. The summed E-state index contributed by atoms with van der Waals surface area (Å²) in [5.41, 5.74) is 3.73. The highest BCUT2D eigenvalue weighted by atomic mass is 16.5. The molecule has 2 fully saturated rings. The topological polar surface area (TPSA) is 32.8 Å². The summed E-state index contributed by atoms with van der Waals surface area (Å²) < 4.78 is 6.07. The molecule has 178 valence electrons. The van der Waals surface area contributed by atoms with Gasteiger partial charge in [0.25, 0.3) is 5.91 Å². The highest BCUT2D eigenvalue weighted by molar-refractivity contribution is 5.94. The fourth-order valence-corrected chi connectivity index (χ4v) is 5.26. The molecule has 0 aromatic heterocycles. The van der Waals surface area contributed by atoms with Gasteiger partial charge in [-0.25, -0.2) is 0 Å². The van der Waals surface area contributed by atoms with Gasteiger partial charge in [0.15, 0.2) is 0 Å². The predicted octanol–water partition coefficient (Wildman–Crippen LogP) is 5.80. The van der Waals surface area contributed by atoms with Crippen LogP contribution in [0.2, 0.25) is 0 Å². The number of hydrogen-bond acceptors (Lipinski definition) is 3. The van der Waals surface area contributed by atoms with Crippen LogP contribution in [0.4, 0.5) is 0 Å². The normalized spacial score (nSPS) is 18.2. The Morgan fingerprint density at radius 3 is 2.39 bits per heavy atom. The Morgan fingerprint density at radius 2 is 1.70 bits per heavy atom. The van der Waals surface area contributed by atoms with Gasteiger partial charge in [0.1, 0.15) is 5.75 Å². The van der Waals surface area contributed by atoms with Crippen LogP contribution in [0.15, 0.2) is 48.5 Å². The molecule has 0 bridgehead atoms. The van der Waals surface area contributed by atoms with Crippen molar-refractivity contribution in [2.45, 2.75) is 59.4 Å². The number of nitrogens with zero attached hydrogens (tertiary/aromatic N) is 2. The van der Waals surface area contributed by atoms with Gasteiger partial charge in [-0.3, -0.25) is 9.69 Å². The molecule has 2 aliphatic heterocycles. The number of hydrogen-bond donors (Lipinski definition) is 0. The number of amides is 1. The smallest absolute Gasteiger partial charge is 0.253 e. The first-order valence-electron chi connectivity index (χ1n) is 12.8. The van der Waals surface area contributed by atoms with Gasteiger partial charge in [-0.05, 0) is 73.9 Å². The minimum absolute atomic E-state index is 0.202. The van der Waals surface area contributed by atoms with Gasteiger partial charge in [0.05, 0.1) is 6.61 Å². The van der Waals surface area contributed by atoms with Crippen molar-refractivity contribution in [3.05, 3.63) is 65.2 Å². The first-order chi connectivity index (χ1) is 16.0. The average molecular weight is 449 g/mol. The van der Waals surface area contributed by atoms with E-state index in [9.17, 15) is 4.79 Å². The van der Waals surface area contributed by atoms with Crippen molar-refractivity contribution < 1.29 is 9.53 Å². The Kier molecular flexibility index (Phi) is 7.75. The molecule has 0 unspecified atom stereocenters. The zero-order chi connectivity index (χ0) is 23.3. The number of piperidine rings is 1. The van der Waals surface area contributed by atoms with Crippen LogP contribution in [0, 0.1) is 11.3 Å². The van der Waals surface area contributed by atoms with Crippen LogP contribution >= 0.6 is 0 Å². The molecule has 0 N–H and O–H groups in total. The van der Waals surface area contributed by atoms with Gasteiger partial charge >= 0.3 is 0 Å². The van der Waals surface area contributed by atoms with Gasteiger partial charge in [-0.2, -0.15) is 0 Å². The monoisotopic (exact) mass is 448 g/mol. The number of ether oxygens (including phenoxy) is 1. The number of aryl methyl sites for hydroxylation is 1. The molecule has 4 nitrogen and oxygen atoms in total. The third-order valence-corrected chi connectivity index (χ3v) is 7.32. The van der Waals surface area contributed by atoms with Gasteiger partial charge in [0, 0.05) is 30.8 Å². The van der Waals surface area contributed by atoms with Crippen LogP contribution in [0.3, 0.4) is 0 Å². The highest BCUT2D eigenvalue weighted by Crippen LogP contribution is 2.41. The van der Waals surface area contributed by atoms with E-state index in [2.05, 4.69) is 67.0 Å². The van der Waals surface area contributed by atoms with E-state index in [0.717, 1.165) is 69.9 Å². The van der Waals surface area contributed by atoms with E-state index in [-0.39, 0.29) is 5.91 Å². The molecule has 2 saturated heterocycles. The molecule has 2 aromatic carbocycles. The zero-order valence-corrected chi connectivity index (χ0v) is 20.7. The molecule has 0 saturated carbocycles. The Hall–Kier alpha value is -2.33. The number of likely N-dealkylation sites (tertiary alicyclic amines) is 2. The van der Waals surface area contributed by atoms with Crippen molar-refractivity contribution in [1.29, 1.82) is 0 Å². The van der Waals surface area contributed by atoms with Crippen molar-refractivity contribution in [2.75, 3.05) is 32.8 Å². The number of carbonyl (C=O) groups excluding carboxylic acids is 1. The van der Waals surface area contributed by atoms with Gasteiger partial charge < -0.3 is 9.64 Å². The van der Waals surface area contributed by atoms with Gasteiger partial charge in [-0.15, -0.1) is 0 Å². The minimum atomic E-state index is 0.202. The second-order valence-electron chi connectivity index (χ2n) is 10.5. The van der Waals surface area contributed by atoms with Crippen LogP contribution < -0.4 is 4.74 Å². The van der Waals surface area contributed by atoms with E-state index in [1.165, 1.54) is 24.0 Å². The summed E-state index contributed by atoms with van der Waals surface area (Å²) >= 11 is 0. The number of para-hydroxylation sites is 1. The molecular weight excluding hydrogens is 408 g/mol. The second kappa shape index (κ2) is 10.7. The van der Waals surface area contributed by atoms with Gasteiger partial charge in [0.2, 0.25) is 0 Å². The molecule has 0 radical (unpaired) electrons. The zero-order valence-electron chi connectivity index (χ0n) is 20.7. The summed E-state index contributed by atoms with van der Waals surface area (Å²) in [6.45, 7) is 12.2. The molecule has 1 spiro atoms. The Balaban J connectivity index is 1.31. The molecule has 2 heterocycles. The maximum atomic E-state index is 13.1. The maximum absolute atomic E-state index is 13.1. The van der Waals surface area contributed by atoms with Crippen LogP contribution in [-0.4, -0.2) is 48.5 Å². The van der Waals surface area contributed by atoms with E-state index in [1.54, 1.807) is 0 Å². The van der Waals surface area contributed by atoms with Crippen LogP contribution in [-0.2, 0) is 13.0 Å². The highest BCUT2D eigenvalue weighted by Gasteiger charge is 2.42. The number of rotatable bonds is 8. The minimum Gasteiger partial charge on any atom is -0.493 e. The molecule has 2 aliphatic rings. The molecule has 33 heavy (non-hydrogen) atoms. The molecule has 0 aliphatic carbocycles. The van der Waals surface area contributed by atoms with E-state index in [1.807, 2.05) is 12.1 Å². The lowest BCUT2D eigenvalue weighted by atomic mass is 9.77. The quantitative estimate of drug-likeness (QED) is 0.511. The van der Waals surface area contributed by atoms with Gasteiger partial charge in [-0.1, -0.05) is 57.5 Å². The molecule has 4 heteroatoms. The lowest BCUT2D eigenvalue weighted by molar-refractivity contribution is 0.0712. The van der Waals surface area contributed by atoms with Crippen molar-refractivity contribution >= 4 is 5.91 Å². The molecule has 1 amide bonds. The molecule has 4 rings (SSSR count). The largest absolute Gasteiger partial charge is 0.493 e. The molecular formula is C29H40N2O2. The van der Waals surface area contributed by atoms with E-state index >= 15 is 0 Å². The fourth-order valence-electron chi connectivity index (χ4n) is 5.26.